The lowest BCUT2D eigenvalue weighted by molar-refractivity contribution is 0.0835. The van der Waals surface area contributed by atoms with Crippen molar-refractivity contribution in [1.29, 1.82) is 0 Å². The molecule has 3 nitrogen and oxygen atoms in total. The van der Waals surface area contributed by atoms with Gasteiger partial charge in [0, 0.05) is 40.5 Å². The van der Waals surface area contributed by atoms with Gasteiger partial charge in [0.2, 0.25) is 0 Å². The van der Waals surface area contributed by atoms with Gasteiger partial charge >= 0.3 is 0 Å². The van der Waals surface area contributed by atoms with Crippen molar-refractivity contribution in [1.82, 2.24) is 9.97 Å². The van der Waals surface area contributed by atoms with Crippen LogP contribution in [-0.2, 0) is 0 Å². The lowest BCUT2D eigenvalue weighted by Crippen LogP contribution is -2.23. The van der Waals surface area contributed by atoms with E-state index in [4.69, 9.17) is 0 Å². The highest BCUT2D eigenvalue weighted by Crippen LogP contribution is 2.28. The van der Waals surface area contributed by atoms with Crippen molar-refractivity contribution in [3.05, 3.63) is 30.2 Å². The molecule has 0 unspecified atom stereocenters. The number of carbonyl (C=O) groups is 1. The smallest absolute Gasteiger partial charge is 0.170 e. The second kappa shape index (κ2) is 3.74. The Bertz CT molecular complexity index is 525. The van der Waals surface area contributed by atoms with E-state index in [1.165, 1.54) is 0 Å². The summed E-state index contributed by atoms with van der Waals surface area (Å²) in [5, 5.41) is 0.911. The number of pyridine rings is 1. The van der Waals surface area contributed by atoms with Gasteiger partial charge in [-0.2, -0.15) is 0 Å². The molecule has 16 heavy (non-hydrogen) atoms. The Morgan fingerprint density at radius 1 is 1.50 bits per heavy atom. The normalized spacial score (nSPS) is 11.9. The van der Waals surface area contributed by atoms with Gasteiger partial charge in [0.25, 0.3) is 0 Å². The van der Waals surface area contributed by atoms with Gasteiger partial charge in [0.05, 0.1) is 0 Å². The highest BCUT2D eigenvalue weighted by Gasteiger charge is 2.28. The molecule has 0 bridgehead atoms. The molecule has 3 heteroatoms. The molecule has 84 valence electrons. The zero-order chi connectivity index (χ0) is 11.8. The largest absolute Gasteiger partial charge is 0.360 e. The monoisotopic (exact) mass is 216 g/mol. The molecule has 2 aromatic rings. The SMILES string of the molecule is CCC(C)(C)C(=O)c1c[nH]c2ccncc12. The van der Waals surface area contributed by atoms with Crippen LogP contribution in [0.25, 0.3) is 10.9 Å². The number of hydrogen-bond acceptors (Lipinski definition) is 2. The van der Waals surface area contributed by atoms with E-state index < -0.39 is 0 Å². The lowest BCUT2D eigenvalue weighted by atomic mass is 9.82. The van der Waals surface area contributed by atoms with Crippen LogP contribution < -0.4 is 0 Å². The first-order chi connectivity index (χ1) is 7.56. The van der Waals surface area contributed by atoms with Crippen LogP contribution in [0.3, 0.4) is 0 Å². The van der Waals surface area contributed by atoms with E-state index in [1.807, 2.05) is 26.8 Å². The molecule has 0 fully saturated rings. The van der Waals surface area contributed by atoms with Gasteiger partial charge in [0.15, 0.2) is 5.78 Å². The van der Waals surface area contributed by atoms with E-state index in [1.54, 1.807) is 18.6 Å². The maximum atomic E-state index is 12.3. The van der Waals surface area contributed by atoms with Gasteiger partial charge in [0.1, 0.15) is 0 Å². The van der Waals surface area contributed by atoms with Crippen molar-refractivity contribution in [2.75, 3.05) is 0 Å². The third kappa shape index (κ3) is 1.62. The average molecular weight is 216 g/mol. The second-order valence-electron chi connectivity index (χ2n) is 4.69. The molecule has 0 saturated carbocycles. The van der Waals surface area contributed by atoms with Gasteiger partial charge in [-0.05, 0) is 12.5 Å². The summed E-state index contributed by atoms with van der Waals surface area (Å²) < 4.78 is 0. The summed E-state index contributed by atoms with van der Waals surface area (Å²) in [6.45, 7) is 5.99. The molecule has 1 N–H and O–H groups in total. The first kappa shape index (κ1) is 10.9. The molecule has 2 heterocycles. The molecule has 2 rings (SSSR count). The molecule has 0 aromatic carbocycles. The molecule has 0 radical (unpaired) electrons. The van der Waals surface area contributed by atoms with Gasteiger partial charge in [-0.1, -0.05) is 20.8 Å². The van der Waals surface area contributed by atoms with Crippen LogP contribution in [0, 0.1) is 5.41 Å². The fraction of sp³-hybridized carbons (Fsp3) is 0.385. The standard InChI is InChI=1S/C13H16N2O/c1-4-13(2,3)12(16)10-8-15-11-5-6-14-7-9(10)11/h5-8,15H,4H2,1-3H3. The fourth-order valence-electron chi connectivity index (χ4n) is 1.68. The highest BCUT2D eigenvalue weighted by atomic mass is 16.1. The molecule has 0 amide bonds. The molecule has 0 aliphatic rings. The van der Waals surface area contributed by atoms with Crippen molar-refractivity contribution >= 4 is 16.7 Å². The maximum absolute atomic E-state index is 12.3. The predicted molar refractivity (Wildman–Crippen MR) is 64.5 cm³/mol. The Morgan fingerprint density at radius 2 is 2.25 bits per heavy atom. The van der Waals surface area contributed by atoms with Gasteiger partial charge in [-0.15, -0.1) is 0 Å². The zero-order valence-corrected chi connectivity index (χ0v) is 9.87. The van der Waals surface area contributed by atoms with Crippen molar-refractivity contribution < 1.29 is 4.79 Å². The number of H-pyrrole nitrogens is 1. The predicted octanol–water partition coefficient (Wildman–Crippen LogP) is 3.18. The Balaban J connectivity index is 2.52. The van der Waals surface area contributed by atoms with Crippen molar-refractivity contribution in [2.24, 2.45) is 5.41 Å². The van der Waals surface area contributed by atoms with E-state index in [0.29, 0.717) is 0 Å². The Labute approximate surface area is 94.9 Å². The molecular weight excluding hydrogens is 200 g/mol. The number of aromatic nitrogens is 2. The molecule has 0 atom stereocenters. The molecule has 2 aromatic heterocycles. The average Bonchev–Trinajstić information content (AvgIpc) is 2.71. The van der Waals surface area contributed by atoms with E-state index in [2.05, 4.69) is 9.97 Å². The summed E-state index contributed by atoms with van der Waals surface area (Å²) in [6, 6.07) is 1.88. The minimum absolute atomic E-state index is 0.175. The van der Waals surface area contributed by atoms with Crippen molar-refractivity contribution in [3.63, 3.8) is 0 Å². The molecule has 0 aliphatic heterocycles. The maximum Gasteiger partial charge on any atom is 0.170 e. The van der Waals surface area contributed by atoms with Crippen LogP contribution in [-0.4, -0.2) is 15.8 Å². The van der Waals surface area contributed by atoms with Crippen LogP contribution in [0.1, 0.15) is 37.6 Å². The summed E-state index contributed by atoms with van der Waals surface area (Å²) in [6.07, 6.45) is 6.08. The molecule has 0 spiro atoms. The third-order valence-electron chi connectivity index (χ3n) is 3.23. The van der Waals surface area contributed by atoms with E-state index in [9.17, 15) is 4.79 Å². The number of ketones is 1. The minimum Gasteiger partial charge on any atom is -0.360 e. The summed E-state index contributed by atoms with van der Waals surface area (Å²) in [5.41, 5.74) is 1.39. The molecule has 0 saturated heterocycles. The topological polar surface area (TPSA) is 45.8 Å². The summed E-state index contributed by atoms with van der Waals surface area (Å²) in [5.74, 6) is 0.175. The van der Waals surface area contributed by atoms with Crippen LogP contribution in [0.2, 0.25) is 0 Å². The zero-order valence-electron chi connectivity index (χ0n) is 9.87. The lowest BCUT2D eigenvalue weighted by Gasteiger charge is -2.20. The number of fused-ring (bicyclic) bond motifs is 1. The minimum atomic E-state index is -0.315. The number of carbonyl (C=O) groups excluding carboxylic acids is 1. The Hall–Kier alpha value is -1.64. The first-order valence-electron chi connectivity index (χ1n) is 5.52. The first-order valence-corrected chi connectivity index (χ1v) is 5.52. The Kier molecular flexibility index (Phi) is 2.54. The highest BCUT2D eigenvalue weighted by molar-refractivity contribution is 6.09. The number of hydrogen-bond donors (Lipinski definition) is 1. The Morgan fingerprint density at radius 3 is 2.94 bits per heavy atom. The van der Waals surface area contributed by atoms with E-state index in [-0.39, 0.29) is 11.2 Å². The number of nitrogens with one attached hydrogen (secondary N) is 1. The van der Waals surface area contributed by atoms with Crippen LogP contribution in [0.4, 0.5) is 0 Å². The third-order valence-corrected chi connectivity index (χ3v) is 3.23. The summed E-state index contributed by atoms with van der Waals surface area (Å²) in [4.78, 5) is 19.5. The second-order valence-corrected chi connectivity index (χ2v) is 4.69. The van der Waals surface area contributed by atoms with E-state index in [0.717, 1.165) is 22.9 Å². The summed E-state index contributed by atoms with van der Waals surface area (Å²) >= 11 is 0. The van der Waals surface area contributed by atoms with Gasteiger partial charge < -0.3 is 4.98 Å². The molecular formula is C13H16N2O. The van der Waals surface area contributed by atoms with Gasteiger partial charge in [-0.25, -0.2) is 0 Å². The fourth-order valence-corrected chi connectivity index (χ4v) is 1.68. The van der Waals surface area contributed by atoms with Gasteiger partial charge in [-0.3, -0.25) is 9.78 Å². The number of rotatable bonds is 3. The van der Waals surface area contributed by atoms with Crippen LogP contribution in [0.15, 0.2) is 24.7 Å². The van der Waals surface area contributed by atoms with E-state index >= 15 is 0 Å². The quantitative estimate of drug-likeness (QED) is 0.801. The number of nitrogens with zero attached hydrogens (tertiary/aromatic N) is 1. The van der Waals surface area contributed by atoms with Crippen molar-refractivity contribution in [2.45, 2.75) is 27.2 Å². The van der Waals surface area contributed by atoms with Crippen LogP contribution >= 0.6 is 0 Å². The summed E-state index contributed by atoms with van der Waals surface area (Å²) in [7, 11) is 0. The van der Waals surface area contributed by atoms with Crippen molar-refractivity contribution in [3.8, 4) is 0 Å². The van der Waals surface area contributed by atoms with Crippen LogP contribution in [0.5, 0.6) is 0 Å². The number of aromatic amines is 1. The molecule has 0 aliphatic carbocycles. The number of Topliss-reactive ketones (excluding diaryl/α,β-unsaturated/α-hetero) is 1.